The number of likely N-dealkylation sites (tertiary alicyclic amines) is 1. The minimum atomic E-state index is -1.26. The number of carbonyl (C=O) groups is 2. The van der Waals surface area contributed by atoms with Crippen LogP contribution < -0.4 is 4.74 Å². The van der Waals surface area contributed by atoms with E-state index in [2.05, 4.69) is 22.2 Å². The lowest BCUT2D eigenvalue weighted by atomic mass is 9.92. The average molecular weight is 499 g/mol. The summed E-state index contributed by atoms with van der Waals surface area (Å²) in [6, 6.07) is 13.0. The number of aromatic nitrogens is 1. The van der Waals surface area contributed by atoms with E-state index in [1.54, 1.807) is 13.2 Å². The zero-order chi connectivity index (χ0) is 25.9. The van der Waals surface area contributed by atoms with Gasteiger partial charge >= 0.3 is 11.9 Å². The molecule has 1 aliphatic heterocycles. The van der Waals surface area contributed by atoms with Crippen LogP contribution in [0.1, 0.15) is 42.9 Å². The van der Waals surface area contributed by atoms with Crippen molar-refractivity contribution >= 4 is 22.8 Å². The highest BCUT2D eigenvalue weighted by molar-refractivity contribution is 5.89. The van der Waals surface area contributed by atoms with Crippen LogP contribution in [0.15, 0.2) is 59.1 Å². The molecule has 0 unspecified atom stereocenters. The minimum Gasteiger partial charge on any atom is -0.496 e. The Kier molecular flexibility index (Phi) is 10.00. The van der Waals surface area contributed by atoms with Gasteiger partial charge in [0.25, 0.3) is 0 Å². The fourth-order valence-corrected chi connectivity index (χ4v) is 4.35. The Morgan fingerprint density at radius 3 is 2.47 bits per heavy atom. The van der Waals surface area contributed by atoms with Gasteiger partial charge in [0.15, 0.2) is 0 Å². The molecule has 36 heavy (non-hydrogen) atoms. The predicted molar refractivity (Wildman–Crippen MR) is 133 cm³/mol. The second kappa shape index (κ2) is 13.4. The maximum atomic E-state index is 13.3. The van der Waals surface area contributed by atoms with Crippen molar-refractivity contribution in [3.05, 3.63) is 71.8 Å². The van der Waals surface area contributed by atoms with Crippen LogP contribution in [0.2, 0.25) is 0 Å². The fourth-order valence-electron chi connectivity index (χ4n) is 4.35. The Bertz CT molecular complexity index is 1170. The number of aliphatic carboxylic acids is 2. The van der Waals surface area contributed by atoms with Crippen molar-refractivity contribution in [1.29, 1.82) is 0 Å². The number of piperidine rings is 1. The van der Waals surface area contributed by atoms with Gasteiger partial charge in [-0.15, -0.1) is 0 Å². The number of aryl methyl sites for hydroxylation is 1. The summed E-state index contributed by atoms with van der Waals surface area (Å²) in [5, 5.41) is 20.6. The van der Waals surface area contributed by atoms with Gasteiger partial charge in [-0.2, -0.15) is 0 Å². The van der Waals surface area contributed by atoms with Gasteiger partial charge in [-0.25, -0.2) is 14.0 Å². The van der Waals surface area contributed by atoms with Crippen molar-refractivity contribution in [3.63, 3.8) is 0 Å². The van der Waals surface area contributed by atoms with Crippen molar-refractivity contribution in [2.24, 2.45) is 0 Å². The van der Waals surface area contributed by atoms with Crippen molar-refractivity contribution in [2.75, 3.05) is 26.7 Å². The molecule has 2 aromatic carbocycles. The quantitative estimate of drug-likeness (QED) is 0.317. The summed E-state index contributed by atoms with van der Waals surface area (Å²) < 4.78 is 24.3. The molecule has 9 heteroatoms. The van der Waals surface area contributed by atoms with Gasteiger partial charge in [-0.1, -0.05) is 23.4 Å². The highest BCUT2D eigenvalue weighted by Gasteiger charge is 2.25. The Balaban J connectivity index is 0.000000392. The van der Waals surface area contributed by atoms with Gasteiger partial charge in [-0.3, -0.25) is 0 Å². The molecule has 1 aliphatic rings. The first-order valence-electron chi connectivity index (χ1n) is 11.9. The van der Waals surface area contributed by atoms with Crippen molar-refractivity contribution < 1.29 is 33.5 Å². The number of carboxylic acids is 2. The van der Waals surface area contributed by atoms with Gasteiger partial charge in [0, 0.05) is 29.5 Å². The zero-order valence-electron chi connectivity index (χ0n) is 20.2. The van der Waals surface area contributed by atoms with Crippen LogP contribution in [0, 0.1) is 5.82 Å². The van der Waals surface area contributed by atoms with Gasteiger partial charge < -0.3 is 24.4 Å². The SMILES string of the molecule is COc1ccccc1CCCCN1CCC(c2onc3cc(F)ccc23)CC1.O=C(O)/C=C\C(=O)O. The molecule has 0 atom stereocenters. The molecule has 8 nitrogen and oxygen atoms in total. The molecule has 0 spiro atoms. The summed E-state index contributed by atoms with van der Waals surface area (Å²) in [6.45, 7) is 3.27. The molecule has 192 valence electrons. The number of methoxy groups -OCH3 is 1. The van der Waals surface area contributed by atoms with E-state index in [0.717, 1.165) is 55.8 Å². The summed E-state index contributed by atoms with van der Waals surface area (Å²) in [6.07, 6.45) is 6.65. The number of carboxylic acid groups (broad SMARTS) is 2. The summed E-state index contributed by atoms with van der Waals surface area (Å²) in [4.78, 5) is 21.6. The number of hydrogen-bond acceptors (Lipinski definition) is 6. The van der Waals surface area contributed by atoms with Crippen molar-refractivity contribution in [2.45, 2.75) is 38.0 Å². The Morgan fingerprint density at radius 2 is 1.81 bits per heavy atom. The fraction of sp³-hybridized carbons (Fsp3) is 0.370. The third-order valence-corrected chi connectivity index (χ3v) is 6.16. The lowest BCUT2D eigenvalue weighted by molar-refractivity contribution is -0.134. The molecule has 0 aliphatic carbocycles. The largest absolute Gasteiger partial charge is 0.496 e. The molecule has 2 N–H and O–H groups in total. The smallest absolute Gasteiger partial charge is 0.328 e. The zero-order valence-corrected chi connectivity index (χ0v) is 20.2. The van der Waals surface area contributed by atoms with Crippen LogP contribution in [0.3, 0.4) is 0 Å². The Hall–Kier alpha value is -3.72. The molecule has 0 amide bonds. The molecule has 1 aromatic heterocycles. The Labute approximate surface area is 209 Å². The summed E-state index contributed by atoms with van der Waals surface area (Å²) in [5.74, 6) is -0.497. The molecule has 2 heterocycles. The van der Waals surface area contributed by atoms with Crippen molar-refractivity contribution in [3.8, 4) is 5.75 Å². The number of rotatable bonds is 9. The number of para-hydroxylation sites is 1. The van der Waals surface area contributed by atoms with Crippen LogP contribution in [0.5, 0.6) is 5.75 Å². The topological polar surface area (TPSA) is 113 Å². The maximum Gasteiger partial charge on any atom is 0.328 e. The van der Waals surface area contributed by atoms with Gasteiger partial charge in [0.2, 0.25) is 0 Å². The number of nitrogens with zero attached hydrogens (tertiary/aromatic N) is 2. The summed E-state index contributed by atoms with van der Waals surface area (Å²) in [5.41, 5.74) is 1.91. The third-order valence-electron chi connectivity index (χ3n) is 6.16. The normalized spacial score (nSPS) is 14.5. The van der Waals surface area contributed by atoms with Crippen LogP contribution >= 0.6 is 0 Å². The molecule has 0 bridgehead atoms. The van der Waals surface area contributed by atoms with Crippen LogP contribution in [-0.2, 0) is 16.0 Å². The van der Waals surface area contributed by atoms with E-state index in [9.17, 15) is 14.0 Å². The number of unbranched alkanes of at least 4 members (excludes halogenated alkanes) is 1. The highest BCUT2D eigenvalue weighted by Crippen LogP contribution is 2.33. The van der Waals surface area contributed by atoms with E-state index in [0.29, 0.717) is 23.6 Å². The predicted octanol–water partition coefficient (Wildman–Crippen LogP) is 4.89. The van der Waals surface area contributed by atoms with E-state index >= 15 is 0 Å². The summed E-state index contributed by atoms with van der Waals surface area (Å²) in [7, 11) is 1.73. The lowest BCUT2D eigenvalue weighted by Gasteiger charge is -2.30. The number of fused-ring (bicyclic) bond motifs is 1. The first-order valence-corrected chi connectivity index (χ1v) is 11.9. The van der Waals surface area contributed by atoms with E-state index in [1.807, 2.05) is 12.1 Å². The number of halogens is 1. The second-order valence-corrected chi connectivity index (χ2v) is 8.60. The monoisotopic (exact) mass is 498 g/mol. The molecular formula is C27H31FN2O6. The van der Waals surface area contributed by atoms with E-state index in [4.69, 9.17) is 19.5 Å². The first kappa shape index (κ1) is 26.9. The molecule has 0 saturated carbocycles. The minimum absolute atomic E-state index is 0.268. The standard InChI is InChI=1S/C23H27FN2O2.C4H4O4/c1-27-22-8-3-2-6-17(22)7-4-5-13-26-14-11-18(12-15-26)23-20-10-9-19(24)16-21(20)25-28-23;5-3(6)1-2-4(7)8/h2-3,6,8-10,16,18H,4-5,7,11-15H2,1H3;1-2H,(H,5,6)(H,7,8)/b;2-1-. The second-order valence-electron chi connectivity index (χ2n) is 8.60. The molecule has 1 saturated heterocycles. The number of ether oxygens (including phenoxy) is 1. The Morgan fingerprint density at radius 1 is 1.11 bits per heavy atom. The van der Waals surface area contributed by atoms with Crippen LogP contribution in [0.25, 0.3) is 10.9 Å². The summed E-state index contributed by atoms with van der Waals surface area (Å²) >= 11 is 0. The molecule has 0 radical (unpaired) electrons. The van der Waals surface area contributed by atoms with Crippen LogP contribution in [-0.4, -0.2) is 59.0 Å². The number of benzene rings is 2. The van der Waals surface area contributed by atoms with Gasteiger partial charge in [0.1, 0.15) is 22.8 Å². The van der Waals surface area contributed by atoms with Gasteiger partial charge in [-0.05, 0) is 75.5 Å². The van der Waals surface area contributed by atoms with Crippen molar-refractivity contribution in [1.82, 2.24) is 10.1 Å². The van der Waals surface area contributed by atoms with E-state index in [-0.39, 0.29) is 5.82 Å². The molecule has 1 fully saturated rings. The first-order chi connectivity index (χ1) is 17.4. The number of hydrogen-bond donors (Lipinski definition) is 2. The van der Waals surface area contributed by atoms with E-state index in [1.165, 1.54) is 30.5 Å². The average Bonchev–Trinajstić information content (AvgIpc) is 3.29. The third kappa shape index (κ3) is 7.91. The van der Waals surface area contributed by atoms with E-state index < -0.39 is 11.9 Å². The van der Waals surface area contributed by atoms with Gasteiger partial charge in [0.05, 0.1) is 7.11 Å². The molecule has 3 aromatic rings. The molecular weight excluding hydrogens is 467 g/mol. The lowest BCUT2D eigenvalue weighted by Crippen LogP contribution is -2.33. The molecule has 4 rings (SSSR count). The maximum absolute atomic E-state index is 13.3. The van der Waals surface area contributed by atoms with Crippen LogP contribution in [0.4, 0.5) is 4.39 Å². The highest BCUT2D eigenvalue weighted by atomic mass is 19.1.